The summed E-state index contributed by atoms with van der Waals surface area (Å²) in [5.74, 6) is 0.181. The summed E-state index contributed by atoms with van der Waals surface area (Å²) < 4.78 is 7.69. The lowest BCUT2D eigenvalue weighted by Crippen LogP contribution is -2.34. The fourth-order valence-corrected chi connectivity index (χ4v) is 4.18. The highest BCUT2D eigenvalue weighted by molar-refractivity contribution is 5.98. The highest BCUT2D eigenvalue weighted by atomic mass is 16.5. The second-order valence-corrected chi connectivity index (χ2v) is 7.57. The third kappa shape index (κ3) is 2.78. The van der Waals surface area contributed by atoms with E-state index in [0.29, 0.717) is 37.0 Å². The van der Waals surface area contributed by atoms with Crippen molar-refractivity contribution in [2.75, 3.05) is 18.1 Å². The number of fused-ring (bicyclic) bond motifs is 4. The van der Waals surface area contributed by atoms with Crippen molar-refractivity contribution in [1.29, 1.82) is 0 Å². The van der Waals surface area contributed by atoms with Crippen molar-refractivity contribution in [3.05, 3.63) is 72.2 Å². The third-order valence-corrected chi connectivity index (χ3v) is 5.64. The van der Waals surface area contributed by atoms with E-state index in [-0.39, 0.29) is 11.2 Å². The average molecular weight is 426 g/mol. The van der Waals surface area contributed by atoms with Gasteiger partial charge in [0.05, 0.1) is 12.7 Å². The fraction of sp³-hybridized carbons (Fsp3) is 0.130. The molecule has 9 nitrogen and oxygen atoms in total. The molecule has 0 spiro atoms. The van der Waals surface area contributed by atoms with Crippen LogP contribution in [0.2, 0.25) is 0 Å². The zero-order valence-electron chi connectivity index (χ0n) is 16.9. The maximum atomic E-state index is 11.9. The minimum Gasteiger partial charge on any atom is -0.486 e. The van der Waals surface area contributed by atoms with E-state index in [1.807, 2.05) is 36.5 Å². The van der Waals surface area contributed by atoms with Crippen LogP contribution in [0.5, 0.6) is 5.75 Å². The number of carboxylic acids is 1. The van der Waals surface area contributed by atoms with Crippen molar-refractivity contribution in [3.63, 3.8) is 0 Å². The van der Waals surface area contributed by atoms with Gasteiger partial charge in [-0.15, -0.1) is 0 Å². The van der Waals surface area contributed by atoms with Crippen molar-refractivity contribution < 1.29 is 14.6 Å². The predicted molar refractivity (Wildman–Crippen MR) is 118 cm³/mol. The van der Waals surface area contributed by atoms with E-state index in [4.69, 9.17) is 9.72 Å². The first-order chi connectivity index (χ1) is 15.7. The zero-order valence-corrected chi connectivity index (χ0v) is 16.9. The number of hydrogen-bond donors (Lipinski definition) is 2. The van der Waals surface area contributed by atoms with Crippen molar-refractivity contribution in [2.24, 2.45) is 0 Å². The van der Waals surface area contributed by atoms with Gasteiger partial charge >= 0.3 is 5.97 Å². The lowest BCUT2D eigenvalue weighted by molar-refractivity contribution is 0.0698. The quantitative estimate of drug-likeness (QED) is 0.453. The maximum absolute atomic E-state index is 11.9. The Bertz CT molecular complexity index is 1470. The number of nitrogens with one attached hydrogen (secondary N) is 1. The predicted octanol–water partition coefficient (Wildman–Crippen LogP) is 3.37. The number of aromatic carboxylic acids is 1. The minimum atomic E-state index is -1.08. The fourth-order valence-electron chi connectivity index (χ4n) is 4.18. The molecule has 158 valence electrons. The lowest BCUT2D eigenvalue weighted by Gasteiger charge is -2.32. The normalized spacial score (nSPS) is 13.3. The second-order valence-electron chi connectivity index (χ2n) is 7.57. The Morgan fingerprint density at radius 3 is 2.91 bits per heavy atom. The molecule has 1 aliphatic heterocycles. The molecule has 5 aromatic rings. The van der Waals surface area contributed by atoms with Crippen LogP contribution in [0.1, 0.15) is 15.9 Å². The minimum absolute atomic E-state index is 0.0391. The van der Waals surface area contributed by atoms with Gasteiger partial charge in [0, 0.05) is 29.9 Å². The van der Waals surface area contributed by atoms with Gasteiger partial charge in [0.1, 0.15) is 23.5 Å². The Morgan fingerprint density at radius 2 is 2.06 bits per heavy atom. The molecule has 0 atom stereocenters. The molecule has 2 N–H and O–H groups in total. The van der Waals surface area contributed by atoms with E-state index in [1.165, 1.54) is 6.20 Å². The number of hydrogen-bond acceptors (Lipinski definition) is 6. The summed E-state index contributed by atoms with van der Waals surface area (Å²) in [7, 11) is 0. The van der Waals surface area contributed by atoms with Crippen LogP contribution in [0, 0.1) is 0 Å². The van der Waals surface area contributed by atoms with Crippen LogP contribution in [-0.2, 0) is 6.54 Å². The molecule has 5 heterocycles. The highest BCUT2D eigenvalue weighted by Crippen LogP contribution is 2.42. The monoisotopic (exact) mass is 426 g/mol. The first kappa shape index (κ1) is 18.4. The number of carboxylic acid groups (broad SMARTS) is 1. The van der Waals surface area contributed by atoms with E-state index in [1.54, 1.807) is 10.7 Å². The molecule has 0 unspecified atom stereocenters. The van der Waals surface area contributed by atoms with Gasteiger partial charge in [-0.25, -0.2) is 14.8 Å². The van der Waals surface area contributed by atoms with E-state index < -0.39 is 5.97 Å². The summed E-state index contributed by atoms with van der Waals surface area (Å²) in [4.78, 5) is 26.3. The number of nitrogens with zero attached hydrogens (tertiary/aromatic N) is 5. The van der Waals surface area contributed by atoms with Gasteiger partial charge in [0.25, 0.3) is 0 Å². The molecule has 1 aromatic carbocycles. The van der Waals surface area contributed by atoms with Gasteiger partial charge in [-0.05, 0) is 17.7 Å². The largest absolute Gasteiger partial charge is 0.486 e. The topological polar surface area (TPSA) is 109 Å². The summed E-state index contributed by atoms with van der Waals surface area (Å²) in [5.41, 5.74) is 3.53. The van der Waals surface area contributed by atoms with Crippen molar-refractivity contribution in [1.82, 2.24) is 24.6 Å². The number of pyridine rings is 1. The first-order valence-corrected chi connectivity index (χ1v) is 10.2. The molecule has 0 amide bonds. The lowest BCUT2D eigenvalue weighted by atomic mass is 10.1. The average Bonchev–Trinajstić information content (AvgIpc) is 3.44. The number of H-pyrrole nitrogens is 1. The van der Waals surface area contributed by atoms with Crippen LogP contribution < -0.4 is 9.64 Å². The number of aromatic amines is 1. The Labute approximate surface area is 181 Å². The molecule has 0 bridgehead atoms. The Balaban J connectivity index is 1.62. The molecule has 9 heteroatoms. The van der Waals surface area contributed by atoms with E-state index in [9.17, 15) is 9.90 Å². The molecule has 0 fully saturated rings. The third-order valence-electron chi connectivity index (χ3n) is 5.64. The number of aromatic nitrogens is 5. The van der Waals surface area contributed by atoms with Crippen LogP contribution in [-0.4, -0.2) is 48.8 Å². The number of ether oxygens (including phenoxy) is 1. The SMILES string of the molecule is O=C(O)c1cnn2c3c(c(-c4c[nH]c5ncccc45)nc12)OCCN3Cc1ccccc1. The summed E-state index contributed by atoms with van der Waals surface area (Å²) in [6.45, 7) is 1.75. The van der Waals surface area contributed by atoms with Crippen LogP contribution in [0.3, 0.4) is 0 Å². The molecule has 0 radical (unpaired) electrons. The molecule has 4 aromatic heterocycles. The van der Waals surface area contributed by atoms with Gasteiger partial charge in [-0.3, -0.25) is 0 Å². The number of rotatable bonds is 4. The molecular weight excluding hydrogens is 408 g/mol. The molecular formula is C23H18N6O3. The van der Waals surface area contributed by atoms with Crippen LogP contribution in [0.15, 0.2) is 61.1 Å². The zero-order chi connectivity index (χ0) is 21.7. The summed E-state index contributed by atoms with van der Waals surface area (Å²) in [6, 6.07) is 13.9. The summed E-state index contributed by atoms with van der Waals surface area (Å²) >= 11 is 0. The molecule has 1 aliphatic rings. The maximum Gasteiger partial charge on any atom is 0.341 e. The van der Waals surface area contributed by atoms with Crippen molar-refractivity contribution in [3.8, 4) is 17.0 Å². The molecule has 6 rings (SSSR count). The molecule has 0 saturated carbocycles. The van der Waals surface area contributed by atoms with E-state index >= 15 is 0 Å². The highest BCUT2D eigenvalue weighted by Gasteiger charge is 2.30. The van der Waals surface area contributed by atoms with Crippen molar-refractivity contribution in [2.45, 2.75) is 6.54 Å². The van der Waals surface area contributed by atoms with E-state index in [2.05, 4.69) is 32.1 Å². The van der Waals surface area contributed by atoms with Gasteiger partial charge < -0.3 is 19.7 Å². The van der Waals surface area contributed by atoms with Gasteiger partial charge in [-0.1, -0.05) is 30.3 Å². The number of benzene rings is 1. The molecule has 0 saturated heterocycles. The van der Waals surface area contributed by atoms with Crippen LogP contribution in [0.4, 0.5) is 5.82 Å². The smallest absolute Gasteiger partial charge is 0.341 e. The van der Waals surface area contributed by atoms with Gasteiger partial charge in [-0.2, -0.15) is 9.61 Å². The Hall–Kier alpha value is -4.40. The van der Waals surface area contributed by atoms with E-state index in [0.717, 1.165) is 22.2 Å². The van der Waals surface area contributed by atoms with Crippen LogP contribution >= 0.6 is 0 Å². The van der Waals surface area contributed by atoms with Gasteiger partial charge in [0.15, 0.2) is 17.2 Å². The molecule has 32 heavy (non-hydrogen) atoms. The Morgan fingerprint density at radius 1 is 1.19 bits per heavy atom. The summed E-state index contributed by atoms with van der Waals surface area (Å²) in [5, 5.41) is 15.0. The first-order valence-electron chi connectivity index (χ1n) is 10.2. The van der Waals surface area contributed by atoms with Crippen LogP contribution in [0.25, 0.3) is 27.9 Å². The number of anilines is 1. The number of carbonyl (C=O) groups is 1. The standard InChI is InChI=1S/C23H18N6O3/c30-23(31)17-12-26-29-21(17)27-18(16-11-25-20-15(16)7-4-8-24-20)19-22(29)28(9-10-32-19)13-14-5-2-1-3-6-14/h1-8,11-12H,9-10,13H2,(H,24,25)(H,30,31). The molecule has 0 aliphatic carbocycles. The van der Waals surface area contributed by atoms with Crippen molar-refractivity contribution >= 4 is 28.5 Å². The summed E-state index contributed by atoms with van der Waals surface area (Å²) in [6.07, 6.45) is 4.88. The Kier molecular flexibility index (Phi) is 4.07. The van der Waals surface area contributed by atoms with Gasteiger partial charge in [0.2, 0.25) is 0 Å². The second kappa shape index (κ2) is 7.09.